The van der Waals surface area contributed by atoms with Crippen LogP contribution in [0.25, 0.3) is 0 Å². The van der Waals surface area contributed by atoms with Crippen LogP contribution in [-0.4, -0.2) is 17.6 Å². The third kappa shape index (κ3) is 4.93. The van der Waals surface area contributed by atoms with Crippen LogP contribution < -0.4 is 10.5 Å². The van der Waals surface area contributed by atoms with Crippen LogP contribution in [0.5, 0.6) is 11.5 Å². The van der Waals surface area contributed by atoms with Crippen molar-refractivity contribution in [3.05, 3.63) is 95.1 Å². The van der Waals surface area contributed by atoms with Gasteiger partial charge in [-0.25, -0.2) is 8.78 Å². The molecule has 0 aliphatic heterocycles. The third-order valence-electron chi connectivity index (χ3n) is 4.68. The van der Waals surface area contributed by atoms with Crippen LogP contribution in [-0.2, 0) is 12.0 Å². The average Bonchev–Trinajstić information content (AvgIpc) is 2.69. The second kappa shape index (κ2) is 8.50. The van der Waals surface area contributed by atoms with Gasteiger partial charge in [-0.3, -0.25) is 0 Å². The van der Waals surface area contributed by atoms with Crippen LogP contribution >= 0.6 is 0 Å². The normalized spacial score (nSPS) is 13.8. The summed E-state index contributed by atoms with van der Waals surface area (Å²) in [6.07, 6.45) is -9.01. The van der Waals surface area contributed by atoms with E-state index in [1.165, 1.54) is 6.07 Å². The lowest BCUT2D eigenvalue weighted by Gasteiger charge is -2.32. The van der Waals surface area contributed by atoms with Crippen molar-refractivity contribution in [2.45, 2.75) is 24.5 Å². The average molecular weight is 441 g/mol. The van der Waals surface area contributed by atoms with Crippen LogP contribution in [0.4, 0.5) is 26.3 Å². The molecule has 3 N–H and O–H groups in total. The van der Waals surface area contributed by atoms with E-state index in [4.69, 9.17) is 5.73 Å². The zero-order valence-corrected chi connectivity index (χ0v) is 15.8. The lowest BCUT2D eigenvalue weighted by molar-refractivity contribution is -0.253. The lowest BCUT2D eigenvalue weighted by Crippen LogP contribution is -2.40. The van der Waals surface area contributed by atoms with Gasteiger partial charge in [-0.15, -0.1) is 0 Å². The first-order chi connectivity index (χ1) is 14.5. The first-order valence-corrected chi connectivity index (χ1v) is 8.99. The Bertz CT molecular complexity index is 1060. The molecule has 31 heavy (non-hydrogen) atoms. The summed E-state index contributed by atoms with van der Waals surface area (Å²) in [4.78, 5) is 0. The molecular formula is C22H17F6NO2. The number of nitrogens with two attached hydrogens (primary N) is 1. The Hall–Kier alpha value is -3.20. The topological polar surface area (TPSA) is 55.5 Å². The summed E-state index contributed by atoms with van der Waals surface area (Å²) in [6, 6.07) is 14.1. The highest BCUT2D eigenvalue weighted by Gasteiger charge is 2.44. The zero-order valence-electron chi connectivity index (χ0n) is 15.8. The molecule has 3 rings (SSSR count). The van der Waals surface area contributed by atoms with E-state index in [1.54, 1.807) is 30.3 Å². The van der Waals surface area contributed by atoms with Crippen molar-refractivity contribution in [3.63, 3.8) is 0 Å². The van der Waals surface area contributed by atoms with Gasteiger partial charge >= 0.3 is 12.5 Å². The van der Waals surface area contributed by atoms with Crippen molar-refractivity contribution in [2.24, 2.45) is 5.73 Å². The predicted octanol–water partition coefficient (Wildman–Crippen LogP) is 5.35. The van der Waals surface area contributed by atoms with E-state index >= 15 is 0 Å². The molecule has 0 spiro atoms. The lowest BCUT2D eigenvalue weighted by atomic mass is 9.78. The molecule has 0 radical (unpaired) electrons. The molecule has 1 atom stereocenters. The van der Waals surface area contributed by atoms with Crippen molar-refractivity contribution in [3.8, 4) is 11.5 Å². The Balaban J connectivity index is 2.14. The van der Waals surface area contributed by atoms with Crippen LogP contribution in [0, 0.1) is 11.6 Å². The number of alkyl halides is 4. The standard InChI is InChI=1S/C22H17F6NO2/c23-16-8-15(9-17(11-16)31-22(27,28)20(25)26)21(29,12-13-4-2-1-3-5-13)14-6-7-18(24)19(30)10-14/h1-11,20,30H,12,29H2/t21-/m1/s1. The fourth-order valence-corrected chi connectivity index (χ4v) is 3.16. The summed E-state index contributed by atoms with van der Waals surface area (Å²) >= 11 is 0. The highest BCUT2D eigenvalue weighted by Crippen LogP contribution is 2.37. The van der Waals surface area contributed by atoms with E-state index < -0.39 is 41.2 Å². The minimum atomic E-state index is -4.85. The van der Waals surface area contributed by atoms with Gasteiger partial charge in [-0.1, -0.05) is 36.4 Å². The number of rotatable bonds is 7. The largest absolute Gasteiger partial charge is 0.505 e. The number of benzene rings is 3. The first-order valence-electron chi connectivity index (χ1n) is 8.99. The molecule has 0 amide bonds. The summed E-state index contributed by atoms with van der Waals surface area (Å²) in [5.41, 5.74) is 5.58. The Kier molecular flexibility index (Phi) is 6.17. The number of phenolic OH excluding ortho intramolecular Hbond substituents is 1. The molecule has 3 nitrogen and oxygen atoms in total. The molecular weight excluding hydrogens is 424 g/mol. The first kappa shape index (κ1) is 22.5. The number of halogens is 6. The molecule has 0 heterocycles. The van der Waals surface area contributed by atoms with Gasteiger partial charge in [0.1, 0.15) is 11.6 Å². The number of ether oxygens (including phenoxy) is 1. The highest BCUT2D eigenvalue weighted by atomic mass is 19.3. The Morgan fingerprint density at radius 2 is 1.58 bits per heavy atom. The number of hydrogen-bond acceptors (Lipinski definition) is 3. The van der Waals surface area contributed by atoms with E-state index in [9.17, 15) is 31.4 Å². The maximum atomic E-state index is 14.3. The fourth-order valence-electron chi connectivity index (χ4n) is 3.16. The molecule has 0 aromatic heterocycles. The number of aromatic hydroxyl groups is 1. The molecule has 3 aromatic rings. The summed E-state index contributed by atoms with van der Waals surface area (Å²) in [5.74, 6) is -3.58. The van der Waals surface area contributed by atoms with Gasteiger partial charge in [-0.05, 0) is 47.4 Å². The molecule has 3 aromatic carbocycles. The molecule has 0 aliphatic rings. The molecule has 164 valence electrons. The molecule has 0 saturated carbocycles. The molecule has 0 fully saturated rings. The van der Waals surface area contributed by atoms with Gasteiger partial charge < -0.3 is 15.6 Å². The van der Waals surface area contributed by atoms with Gasteiger partial charge in [0.2, 0.25) is 0 Å². The molecule has 0 unspecified atom stereocenters. The summed E-state index contributed by atoms with van der Waals surface area (Å²) in [7, 11) is 0. The van der Waals surface area contributed by atoms with Gasteiger partial charge in [0, 0.05) is 6.07 Å². The summed E-state index contributed by atoms with van der Waals surface area (Å²) in [5, 5.41) is 9.79. The molecule has 0 aliphatic carbocycles. The smallest absolute Gasteiger partial charge is 0.461 e. The van der Waals surface area contributed by atoms with Crippen LogP contribution in [0.15, 0.2) is 66.7 Å². The molecule has 0 saturated heterocycles. The van der Waals surface area contributed by atoms with Crippen LogP contribution in [0.1, 0.15) is 16.7 Å². The maximum Gasteiger partial charge on any atom is 0.461 e. The van der Waals surface area contributed by atoms with Gasteiger partial charge in [-0.2, -0.15) is 17.6 Å². The minimum Gasteiger partial charge on any atom is -0.505 e. The Morgan fingerprint density at radius 1 is 0.903 bits per heavy atom. The van der Waals surface area contributed by atoms with Crippen molar-refractivity contribution in [1.82, 2.24) is 0 Å². The number of phenols is 1. The number of hydrogen-bond donors (Lipinski definition) is 2. The fraction of sp³-hybridized carbons (Fsp3) is 0.182. The second-order valence-electron chi connectivity index (χ2n) is 6.94. The third-order valence-corrected chi connectivity index (χ3v) is 4.68. The second-order valence-corrected chi connectivity index (χ2v) is 6.94. The van der Waals surface area contributed by atoms with Crippen molar-refractivity contribution >= 4 is 0 Å². The van der Waals surface area contributed by atoms with Crippen molar-refractivity contribution < 1.29 is 36.2 Å². The van der Waals surface area contributed by atoms with E-state index in [0.29, 0.717) is 11.6 Å². The van der Waals surface area contributed by atoms with Crippen LogP contribution in [0.2, 0.25) is 0 Å². The van der Waals surface area contributed by atoms with Crippen LogP contribution in [0.3, 0.4) is 0 Å². The Morgan fingerprint density at radius 3 is 2.19 bits per heavy atom. The summed E-state index contributed by atoms with van der Waals surface area (Å²) in [6.45, 7) is 0. The van der Waals surface area contributed by atoms with E-state index in [-0.39, 0.29) is 17.5 Å². The highest BCUT2D eigenvalue weighted by molar-refractivity contribution is 5.46. The summed E-state index contributed by atoms with van der Waals surface area (Å²) < 4.78 is 83.6. The zero-order chi connectivity index (χ0) is 22.8. The minimum absolute atomic E-state index is 0.0208. The van der Waals surface area contributed by atoms with Crippen molar-refractivity contribution in [1.29, 1.82) is 0 Å². The van der Waals surface area contributed by atoms with Gasteiger partial charge in [0.05, 0.1) is 5.54 Å². The van der Waals surface area contributed by atoms with Gasteiger partial charge in [0.15, 0.2) is 11.6 Å². The monoisotopic (exact) mass is 441 g/mol. The molecule has 9 heteroatoms. The molecule has 0 bridgehead atoms. The Labute approximate surface area is 173 Å². The SMILES string of the molecule is N[C@@](Cc1ccccc1)(c1cc(F)cc(OC(F)(F)C(F)F)c1)c1ccc(F)c(O)c1. The van der Waals surface area contributed by atoms with Gasteiger partial charge in [0.25, 0.3) is 0 Å². The van der Waals surface area contributed by atoms with Crippen molar-refractivity contribution in [2.75, 3.05) is 0 Å². The van der Waals surface area contributed by atoms with E-state index in [2.05, 4.69) is 4.74 Å². The quantitative estimate of drug-likeness (QED) is 0.486. The predicted molar refractivity (Wildman–Crippen MR) is 101 cm³/mol. The maximum absolute atomic E-state index is 14.3. The van der Waals surface area contributed by atoms with E-state index in [1.807, 2.05) is 0 Å². The van der Waals surface area contributed by atoms with E-state index in [0.717, 1.165) is 24.3 Å².